The topological polar surface area (TPSA) is 127 Å². The van der Waals surface area contributed by atoms with Gasteiger partial charge in [0.05, 0.1) is 18.1 Å². The van der Waals surface area contributed by atoms with E-state index in [-0.39, 0.29) is 34.7 Å². The van der Waals surface area contributed by atoms with Crippen LogP contribution < -0.4 is 4.90 Å². The predicted octanol–water partition coefficient (Wildman–Crippen LogP) is 0.596. The molecule has 5 rings (SSSR count). The molecule has 5 heterocycles. The number of carbonyl (C=O) groups is 3. The number of oxazole rings is 1. The van der Waals surface area contributed by atoms with Crippen molar-refractivity contribution in [1.82, 2.24) is 14.8 Å². The van der Waals surface area contributed by atoms with Crippen molar-refractivity contribution in [2.45, 2.75) is 37.7 Å². The second-order valence-electron chi connectivity index (χ2n) is 8.58. The zero-order valence-electron chi connectivity index (χ0n) is 17.2. The lowest BCUT2D eigenvalue weighted by Crippen LogP contribution is -2.63. The Hall–Kier alpha value is -2.53. The van der Waals surface area contributed by atoms with E-state index in [1.54, 1.807) is 11.8 Å². The molecule has 0 aromatic carbocycles. The van der Waals surface area contributed by atoms with Crippen molar-refractivity contribution in [1.29, 1.82) is 0 Å². The summed E-state index contributed by atoms with van der Waals surface area (Å²) in [5.74, 6) is -2.27. The number of aromatic nitrogens is 1. The van der Waals surface area contributed by atoms with E-state index in [2.05, 4.69) is 4.98 Å². The fourth-order valence-corrected chi connectivity index (χ4v) is 6.24. The Labute approximate surface area is 182 Å². The van der Waals surface area contributed by atoms with E-state index in [0.29, 0.717) is 29.7 Å². The Balaban J connectivity index is 1.25. The van der Waals surface area contributed by atoms with E-state index in [0.717, 1.165) is 19.5 Å². The molecule has 10 nitrogen and oxygen atoms in total. The summed E-state index contributed by atoms with van der Waals surface area (Å²) in [6.45, 7) is 6.18. The van der Waals surface area contributed by atoms with Crippen molar-refractivity contribution in [2.75, 3.05) is 31.1 Å². The van der Waals surface area contributed by atoms with Crippen LogP contribution in [0.25, 0.3) is 0 Å². The molecule has 0 unspecified atom stereocenters. The van der Waals surface area contributed by atoms with Crippen molar-refractivity contribution < 1.29 is 29.0 Å². The van der Waals surface area contributed by atoms with Crippen molar-refractivity contribution in [3.8, 4) is 0 Å². The second kappa shape index (κ2) is 7.27. The van der Waals surface area contributed by atoms with E-state index < -0.39 is 18.0 Å². The quantitative estimate of drug-likeness (QED) is 0.601. The number of hydrogen-bond donors (Lipinski definition) is 2. The van der Waals surface area contributed by atoms with Gasteiger partial charge in [-0.05, 0) is 13.3 Å². The number of carboxylic acids is 1. The molecule has 166 valence electrons. The highest BCUT2D eigenvalue weighted by atomic mass is 32.2. The number of rotatable bonds is 6. The minimum absolute atomic E-state index is 0.0430. The minimum Gasteiger partial charge on any atom is -0.477 e. The van der Waals surface area contributed by atoms with Crippen LogP contribution in [0.15, 0.2) is 21.3 Å². The molecule has 0 radical (unpaired) electrons. The van der Waals surface area contributed by atoms with Crippen LogP contribution in [-0.2, 0) is 9.59 Å². The van der Waals surface area contributed by atoms with Crippen LogP contribution in [-0.4, -0.2) is 86.4 Å². The lowest BCUT2D eigenvalue weighted by atomic mass is 9.79. The number of aliphatic hydroxyl groups is 1. The summed E-state index contributed by atoms with van der Waals surface area (Å²) in [6, 6.07) is 0.0832. The summed E-state index contributed by atoms with van der Waals surface area (Å²) in [5, 5.41) is 19.8. The largest absolute Gasteiger partial charge is 0.477 e. The average molecular weight is 449 g/mol. The third-order valence-corrected chi connectivity index (χ3v) is 8.03. The monoisotopic (exact) mass is 448 g/mol. The number of anilines is 1. The number of likely N-dealkylation sites (tertiary alicyclic amines) is 1. The highest BCUT2D eigenvalue weighted by Gasteiger charge is 2.60. The van der Waals surface area contributed by atoms with Gasteiger partial charge in [-0.1, -0.05) is 6.92 Å². The van der Waals surface area contributed by atoms with Gasteiger partial charge < -0.3 is 29.3 Å². The molecule has 0 aliphatic carbocycles. The molecule has 31 heavy (non-hydrogen) atoms. The molecule has 0 bridgehead atoms. The van der Waals surface area contributed by atoms with E-state index in [1.807, 2.05) is 11.8 Å². The van der Waals surface area contributed by atoms with Gasteiger partial charge in [0.15, 0.2) is 5.69 Å². The third-order valence-electron chi connectivity index (χ3n) is 6.58. The fourth-order valence-electron chi connectivity index (χ4n) is 4.72. The first kappa shape index (κ1) is 20.4. The van der Waals surface area contributed by atoms with Crippen molar-refractivity contribution in [3.05, 3.63) is 22.6 Å². The zero-order valence-corrected chi connectivity index (χ0v) is 18.0. The molecular formula is C20H24N4O6S. The zero-order chi connectivity index (χ0) is 22.0. The first-order chi connectivity index (χ1) is 14.8. The van der Waals surface area contributed by atoms with Gasteiger partial charge >= 0.3 is 5.97 Å². The summed E-state index contributed by atoms with van der Waals surface area (Å²) < 4.78 is 5.48. The molecule has 1 aromatic rings. The Bertz CT molecular complexity index is 980. The van der Waals surface area contributed by atoms with Crippen molar-refractivity contribution in [3.63, 3.8) is 0 Å². The molecule has 1 aromatic heterocycles. The molecule has 2 N–H and O–H groups in total. The molecule has 4 atom stereocenters. The lowest BCUT2D eigenvalue weighted by Gasteiger charge is -2.46. The van der Waals surface area contributed by atoms with Crippen LogP contribution in [0.1, 0.15) is 30.8 Å². The van der Waals surface area contributed by atoms with Crippen molar-refractivity contribution >= 4 is 35.6 Å². The van der Waals surface area contributed by atoms with Gasteiger partial charge in [-0.15, -0.1) is 11.8 Å². The molecule has 0 spiro atoms. The summed E-state index contributed by atoms with van der Waals surface area (Å²) in [7, 11) is 0. The summed E-state index contributed by atoms with van der Waals surface area (Å²) in [4.78, 5) is 46.5. The first-order valence-electron chi connectivity index (χ1n) is 10.4. The highest BCUT2D eigenvalue weighted by Crippen LogP contribution is 2.52. The molecule has 0 saturated carbocycles. The lowest BCUT2D eigenvalue weighted by molar-refractivity contribution is -0.163. The number of aliphatic hydroxyl groups excluding tert-OH is 1. The number of amides is 2. The highest BCUT2D eigenvalue weighted by molar-refractivity contribution is 8.03. The van der Waals surface area contributed by atoms with E-state index in [4.69, 9.17) is 4.42 Å². The fraction of sp³-hybridized carbons (Fsp3) is 0.600. The van der Waals surface area contributed by atoms with Crippen LogP contribution in [0.2, 0.25) is 0 Å². The predicted molar refractivity (Wildman–Crippen MR) is 110 cm³/mol. The van der Waals surface area contributed by atoms with Crippen LogP contribution in [0.3, 0.4) is 0 Å². The van der Waals surface area contributed by atoms with Crippen molar-refractivity contribution in [2.24, 2.45) is 11.8 Å². The van der Waals surface area contributed by atoms with Crippen LogP contribution in [0, 0.1) is 11.8 Å². The molecule has 4 aliphatic rings. The first-order valence-corrected chi connectivity index (χ1v) is 11.3. The minimum atomic E-state index is -1.12. The number of β-lactam (4-membered cyclic amide) rings is 1. The number of fused-ring (bicyclic) bond motifs is 1. The van der Waals surface area contributed by atoms with Crippen LogP contribution in [0.5, 0.6) is 0 Å². The average Bonchev–Trinajstić information content (AvgIpc) is 3.18. The maximum atomic E-state index is 12.4. The van der Waals surface area contributed by atoms with Gasteiger partial charge in [-0.25, -0.2) is 4.79 Å². The van der Waals surface area contributed by atoms with Gasteiger partial charge in [-0.2, -0.15) is 4.98 Å². The maximum Gasteiger partial charge on any atom is 0.353 e. The molecule has 3 fully saturated rings. The van der Waals surface area contributed by atoms with Gasteiger partial charge in [-0.3, -0.25) is 9.59 Å². The number of thioether (sulfide) groups is 1. The van der Waals surface area contributed by atoms with Gasteiger partial charge in [0.25, 0.3) is 11.9 Å². The number of carboxylic acid groups (broad SMARTS) is 1. The Morgan fingerprint density at radius 3 is 2.61 bits per heavy atom. The number of carbonyl (C=O) groups excluding carboxylic acids is 2. The molecule has 4 aliphatic heterocycles. The second-order valence-corrected chi connectivity index (χ2v) is 9.92. The molecule has 2 amide bonds. The Morgan fingerprint density at radius 1 is 1.32 bits per heavy atom. The summed E-state index contributed by atoms with van der Waals surface area (Å²) in [5.41, 5.74) is 0.347. The summed E-state index contributed by atoms with van der Waals surface area (Å²) >= 11 is 1.47. The van der Waals surface area contributed by atoms with Gasteiger partial charge in [0.1, 0.15) is 12.0 Å². The number of aliphatic carboxylic acids is 1. The number of nitrogens with zero attached hydrogens (tertiary/aromatic N) is 4. The summed E-state index contributed by atoms with van der Waals surface area (Å²) in [6.07, 6.45) is 1.58. The van der Waals surface area contributed by atoms with Gasteiger partial charge in [0, 0.05) is 42.3 Å². The van der Waals surface area contributed by atoms with E-state index >= 15 is 0 Å². The standard InChI is InChI=1S/C20H24N4O6S/c1-9-14-13(10(2)25)18(27)24(14)15(19(28)29)16(9)31-11-6-23(7-11)20-21-12(8-30-20)17(26)22-4-3-5-22/h8-11,13-14,25H,3-7H2,1-2H3,(H,28,29)/t9-,10-,13-,14-/m1/s1. The third kappa shape index (κ3) is 3.05. The van der Waals surface area contributed by atoms with Gasteiger partial charge in [0.2, 0.25) is 5.91 Å². The van der Waals surface area contributed by atoms with Crippen LogP contribution >= 0.6 is 11.8 Å². The smallest absolute Gasteiger partial charge is 0.353 e. The maximum absolute atomic E-state index is 12.4. The SMILES string of the molecule is C[C@@H](O)[C@H]1C(=O)N2C(C(=O)O)=C(SC3CN(c4nc(C(=O)N5CCC5)co4)C3)[C@H](C)[C@H]12. The molecule has 3 saturated heterocycles. The van der Waals surface area contributed by atoms with Crippen LogP contribution in [0.4, 0.5) is 6.01 Å². The van der Waals surface area contributed by atoms with E-state index in [9.17, 15) is 24.6 Å². The Morgan fingerprint density at radius 2 is 2.03 bits per heavy atom. The normalized spacial score (nSPS) is 28.8. The van der Waals surface area contributed by atoms with E-state index in [1.165, 1.54) is 22.9 Å². The molecular weight excluding hydrogens is 424 g/mol. The Kier molecular flexibility index (Phi) is 4.78. The number of hydrogen-bond acceptors (Lipinski definition) is 8. The molecule has 11 heteroatoms.